The predicted octanol–water partition coefficient (Wildman–Crippen LogP) is 5.16. The molecule has 0 atom stereocenters. The van der Waals surface area contributed by atoms with E-state index in [1.165, 1.54) is 0 Å². The number of aromatic nitrogens is 2. The van der Waals surface area contributed by atoms with Crippen LogP contribution < -0.4 is 5.62 Å². The maximum Gasteiger partial charge on any atom is 0.203 e. The molecular formula is C27H29N3O2. The lowest BCUT2D eigenvalue weighted by molar-refractivity contribution is 0.0970. The van der Waals surface area contributed by atoms with Gasteiger partial charge in [-0.1, -0.05) is 63.2 Å². The van der Waals surface area contributed by atoms with E-state index in [0.29, 0.717) is 12.1 Å². The van der Waals surface area contributed by atoms with Gasteiger partial charge in [-0.2, -0.15) is 0 Å². The average molecular weight is 428 g/mol. The quantitative estimate of drug-likeness (QED) is 0.432. The van der Waals surface area contributed by atoms with Crippen LogP contribution in [0.1, 0.15) is 47.8 Å². The van der Waals surface area contributed by atoms with Gasteiger partial charge in [-0.15, -0.1) is 0 Å². The van der Waals surface area contributed by atoms with Crippen LogP contribution in [0.25, 0.3) is 11.0 Å². The van der Waals surface area contributed by atoms with Gasteiger partial charge in [-0.3, -0.25) is 10.2 Å². The van der Waals surface area contributed by atoms with Crippen molar-refractivity contribution >= 4 is 16.8 Å². The summed E-state index contributed by atoms with van der Waals surface area (Å²) in [6.07, 6.45) is 0. The maximum atomic E-state index is 13.4. The minimum atomic E-state index is -0.285. The fraction of sp³-hybridized carbons (Fsp3) is 0.259. The normalized spacial score (nSPS) is 11.8. The third-order valence-corrected chi connectivity index (χ3v) is 5.91. The summed E-state index contributed by atoms with van der Waals surface area (Å²) < 4.78 is 3.70. The average Bonchev–Trinajstić information content (AvgIpc) is 2.99. The van der Waals surface area contributed by atoms with Crippen molar-refractivity contribution in [2.45, 2.75) is 46.2 Å². The van der Waals surface area contributed by atoms with E-state index >= 15 is 0 Å². The molecule has 4 rings (SSSR count). The highest BCUT2D eigenvalue weighted by molar-refractivity contribution is 5.98. The minimum Gasteiger partial charge on any atom is -0.508 e. The number of aryl methyl sites for hydroxylation is 1. The van der Waals surface area contributed by atoms with Crippen LogP contribution in [-0.4, -0.2) is 20.0 Å². The van der Waals surface area contributed by atoms with Crippen molar-refractivity contribution in [1.82, 2.24) is 9.13 Å². The molecule has 0 fully saturated rings. The monoisotopic (exact) mass is 427 g/mol. The molecule has 0 radical (unpaired) electrons. The number of phenolic OH excluding ortho intramolecular Hbond substituents is 1. The number of fused-ring (bicyclic) bond motifs is 1. The molecule has 1 aromatic heterocycles. The number of nitrogens with zero attached hydrogens (tertiary/aromatic N) is 2. The summed E-state index contributed by atoms with van der Waals surface area (Å²) >= 11 is 0. The Labute approximate surface area is 188 Å². The number of ketones is 1. The molecule has 0 amide bonds. The van der Waals surface area contributed by atoms with E-state index in [1.807, 2.05) is 86.9 Å². The van der Waals surface area contributed by atoms with Gasteiger partial charge in [0.25, 0.3) is 0 Å². The Hall–Kier alpha value is -3.60. The largest absolute Gasteiger partial charge is 0.508 e. The summed E-state index contributed by atoms with van der Waals surface area (Å²) in [7, 11) is 0. The fourth-order valence-electron chi connectivity index (χ4n) is 4.20. The van der Waals surface area contributed by atoms with Crippen LogP contribution in [0.15, 0.2) is 66.7 Å². The van der Waals surface area contributed by atoms with Gasteiger partial charge in [0.15, 0.2) is 5.78 Å². The second kappa shape index (κ2) is 8.15. The van der Waals surface area contributed by atoms with Crippen molar-refractivity contribution < 1.29 is 9.90 Å². The SMILES string of the molecule is Cc1cc(O)c(C(C)(C)C)cc1C(=O)Cn1c(=N)n(Cc2ccccc2)c2ccccc21. The molecule has 0 bridgehead atoms. The van der Waals surface area contributed by atoms with E-state index in [2.05, 4.69) is 0 Å². The van der Waals surface area contributed by atoms with Crippen molar-refractivity contribution in [1.29, 1.82) is 5.41 Å². The van der Waals surface area contributed by atoms with Crippen LogP contribution in [0, 0.1) is 12.3 Å². The highest BCUT2D eigenvalue weighted by atomic mass is 16.3. The van der Waals surface area contributed by atoms with Gasteiger partial charge in [0, 0.05) is 5.56 Å². The highest BCUT2D eigenvalue weighted by Gasteiger charge is 2.23. The van der Waals surface area contributed by atoms with Crippen LogP contribution in [-0.2, 0) is 18.5 Å². The Bertz CT molecular complexity index is 1360. The zero-order valence-electron chi connectivity index (χ0n) is 19.0. The number of benzene rings is 3. The van der Waals surface area contributed by atoms with Gasteiger partial charge in [-0.25, -0.2) is 0 Å². The highest BCUT2D eigenvalue weighted by Crippen LogP contribution is 2.33. The topological polar surface area (TPSA) is 71.0 Å². The summed E-state index contributed by atoms with van der Waals surface area (Å²) in [6, 6.07) is 21.3. The molecule has 5 heteroatoms. The number of hydrogen-bond acceptors (Lipinski definition) is 3. The maximum absolute atomic E-state index is 13.4. The van der Waals surface area contributed by atoms with Gasteiger partial charge < -0.3 is 14.2 Å². The molecule has 0 aliphatic carbocycles. The first kappa shape index (κ1) is 21.6. The van der Waals surface area contributed by atoms with Gasteiger partial charge in [0.1, 0.15) is 5.75 Å². The Balaban J connectivity index is 1.77. The van der Waals surface area contributed by atoms with Crippen molar-refractivity contribution in [3.8, 4) is 5.75 Å². The smallest absolute Gasteiger partial charge is 0.203 e. The van der Waals surface area contributed by atoms with Gasteiger partial charge in [0.2, 0.25) is 5.62 Å². The molecule has 0 unspecified atom stereocenters. The van der Waals surface area contributed by atoms with Crippen LogP contribution >= 0.6 is 0 Å². The molecule has 0 spiro atoms. The molecule has 0 aliphatic rings. The Morgan fingerprint density at radius 3 is 2.16 bits per heavy atom. The van der Waals surface area contributed by atoms with Crippen molar-refractivity contribution in [2.75, 3.05) is 0 Å². The Morgan fingerprint density at radius 2 is 1.53 bits per heavy atom. The number of rotatable bonds is 5. The number of carbonyl (C=O) groups excluding carboxylic acids is 1. The number of carbonyl (C=O) groups is 1. The first-order valence-corrected chi connectivity index (χ1v) is 10.8. The number of hydrogen-bond donors (Lipinski definition) is 2. The molecule has 1 heterocycles. The molecule has 0 saturated carbocycles. The van der Waals surface area contributed by atoms with Crippen LogP contribution in [0.3, 0.4) is 0 Å². The summed E-state index contributed by atoms with van der Waals surface area (Å²) in [5.41, 5.74) is 4.95. The zero-order chi connectivity index (χ0) is 23.0. The molecule has 32 heavy (non-hydrogen) atoms. The standard InChI is InChI=1S/C27H29N3O2/c1-18-14-24(31)21(27(2,3)4)15-20(18)25(32)17-30-23-13-9-8-12-22(23)29(26(30)28)16-19-10-6-5-7-11-19/h5-15,28,31H,16-17H2,1-4H3. The third kappa shape index (κ3) is 3.98. The molecule has 2 N–H and O–H groups in total. The van der Waals surface area contributed by atoms with Gasteiger partial charge in [0.05, 0.1) is 24.1 Å². The summed E-state index contributed by atoms with van der Waals surface area (Å²) in [5.74, 6) is 0.133. The summed E-state index contributed by atoms with van der Waals surface area (Å²) in [4.78, 5) is 13.4. The van der Waals surface area contributed by atoms with E-state index in [-0.39, 0.29) is 29.1 Å². The van der Waals surface area contributed by atoms with Crippen molar-refractivity contribution in [2.24, 2.45) is 0 Å². The van der Waals surface area contributed by atoms with E-state index in [4.69, 9.17) is 5.41 Å². The Kier molecular flexibility index (Phi) is 5.51. The second-order valence-corrected chi connectivity index (χ2v) is 9.33. The van der Waals surface area contributed by atoms with Crippen molar-refractivity contribution in [3.05, 3.63) is 94.6 Å². The lowest BCUT2D eigenvalue weighted by Gasteiger charge is -2.22. The van der Waals surface area contributed by atoms with E-state index < -0.39 is 0 Å². The van der Waals surface area contributed by atoms with Crippen molar-refractivity contribution in [3.63, 3.8) is 0 Å². The number of phenols is 1. The second-order valence-electron chi connectivity index (χ2n) is 9.33. The predicted molar refractivity (Wildman–Crippen MR) is 127 cm³/mol. The molecule has 0 saturated heterocycles. The molecule has 3 aromatic carbocycles. The zero-order valence-corrected chi connectivity index (χ0v) is 19.0. The Morgan fingerprint density at radius 1 is 0.938 bits per heavy atom. The minimum absolute atomic E-state index is 0.0658. The van der Waals surface area contributed by atoms with Crippen LogP contribution in [0.4, 0.5) is 0 Å². The van der Waals surface area contributed by atoms with E-state index in [9.17, 15) is 9.90 Å². The molecular weight excluding hydrogens is 398 g/mol. The van der Waals surface area contributed by atoms with E-state index in [1.54, 1.807) is 16.7 Å². The summed E-state index contributed by atoms with van der Waals surface area (Å²) in [5, 5.41) is 19.2. The van der Waals surface area contributed by atoms with Gasteiger partial charge in [-0.05, 0) is 53.3 Å². The fourth-order valence-corrected chi connectivity index (χ4v) is 4.20. The lowest BCUT2D eigenvalue weighted by atomic mass is 9.84. The number of para-hydroxylation sites is 2. The first-order valence-electron chi connectivity index (χ1n) is 10.8. The lowest BCUT2D eigenvalue weighted by Crippen LogP contribution is -2.28. The molecule has 164 valence electrons. The molecule has 4 aromatic rings. The number of aromatic hydroxyl groups is 1. The third-order valence-electron chi connectivity index (χ3n) is 5.91. The number of Topliss-reactive ketones (excluding diaryl/α,β-unsaturated/α-hetero) is 1. The number of imidazole rings is 1. The summed E-state index contributed by atoms with van der Waals surface area (Å²) in [6.45, 7) is 8.51. The molecule has 5 nitrogen and oxygen atoms in total. The van der Waals surface area contributed by atoms with Gasteiger partial charge >= 0.3 is 0 Å². The van der Waals surface area contributed by atoms with Crippen LogP contribution in [0.5, 0.6) is 5.75 Å². The first-order chi connectivity index (χ1) is 15.2. The number of nitrogens with one attached hydrogen (secondary N) is 1. The molecule has 0 aliphatic heterocycles. The van der Waals surface area contributed by atoms with Crippen LogP contribution in [0.2, 0.25) is 0 Å². The van der Waals surface area contributed by atoms with E-state index in [0.717, 1.165) is 27.7 Å².